The number of halogens is 1. The number of methoxy groups -OCH3 is 1. The molecule has 2 aromatic heterocycles. The molecule has 3 rings (SSSR count). The fraction of sp³-hybridized carbons (Fsp3) is 0.263. The first kappa shape index (κ1) is 20.6. The minimum absolute atomic E-state index is 0.153. The minimum atomic E-state index is -0.327. The number of benzene rings is 1. The highest BCUT2D eigenvalue weighted by Crippen LogP contribution is 2.28. The van der Waals surface area contributed by atoms with Gasteiger partial charge in [-0.2, -0.15) is 0 Å². The zero-order valence-electron chi connectivity index (χ0n) is 15.7. The number of hydrogen-bond donors (Lipinski definition) is 2. The molecule has 0 aliphatic rings. The number of carbonyl (C=O) groups excluding carboxylic acids is 1. The van der Waals surface area contributed by atoms with Gasteiger partial charge in [0.05, 0.1) is 7.11 Å². The molecule has 0 spiro atoms. The molecule has 152 valence electrons. The first-order valence-electron chi connectivity index (χ1n) is 8.82. The van der Waals surface area contributed by atoms with Crippen LogP contribution in [-0.2, 0) is 13.2 Å². The Morgan fingerprint density at radius 3 is 2.72 bits per heavy atom. The molecule has 0 radical (unpaired) electrons. The van der Waals surface area contributed by atoms with Gasteiger partial charge in [-0.1, -0.05) is 28.9 Å². The molecule has 0 unspecified atom stereocenters. The Morgan fingerprint density at radius 2 is 2.00 bits per heavy atom. The van der Waals surface area contributed by atoms with Crippen molar-refractivity contribution in [1.82, 2.24) is 25.9 Å². The Morgan fingerprint density at radius 1 is 1.14 bits per heavy atom. The second-order valence-corrected chi connectivity index (χ2v) is 6.38. The van der Waals surface area contributed by atoms with E-state index in [4.69, 9.17) is 21.1 Å². The van der Waals surface area contributed by atoms with Crippen LogP contribution in [0.3, 0.4) is 0 Å². The summed E-state index contributed by atoms with van der Waals surface area (Å²) in [6, 6.07) is 9.29. The first-order valence-corrected chi connectivity index (χ1v) is 9.20. The lowest BCUT2D eigenvalue weighted by atomic mass is 10.2. The molecule has 0 saturated heterocycles. The van der Waals surface area contributed by atoms with Crippen LogP contribution in [0, 0.1) is 0 Å². The highest BCUT2D eigenvalue weighted by Gasteiger charge is 2.09. The van der Waals surface area contributed by atoms with Crippen molar-refractivity contribution >= 4 is 17.5 Å². The number of pyridine rings is 1. The monoisotopic (exact) mass is 417 g/mol. The van der Waals surface area contributed by atoms with Crippen molar-refractivity contribution in [3.63, 3.8) is 0 Å². The summed E-state index contributed by atoms with van der Waals surface area (Å²) in [5.74, 6) is 0.949. The predicted molar refractivity (Wildman–Crippen MR) is 105 cm³/mol. The molecule has 0 atom stereocenters. The van der Waals surface area contributed by atoms with Gasteiger partial charge in [-0.25, -0.2) is 9.61 Å². The van der Waals surface area contributed by atoms with Crippen LogP contribution in [0.5, 0.6) is 11.5 Å². The van der Waals surface area contributed by atoms with Gasteiger partial charge in [0.2, 0.25) is 0 Å². The summed E-state index contributed by atoms with van der Waals surface area (Å²) in [5.41, 5.74) is 2.08. The van der Waals surface area contributed by atoms with E-state index in [0.717, 1.165) is 11.1 Å². The van der Waals surface area contributed by atoms with Gasteiger partial charge >= 0.3 is 0 Å². The molecule has 1 amide bonds. The van der Waals surface area contributed by atoms with E-state index < -0.39 is 0 Å². The van der Waals surface area contributed by atoms with Crippen LogP contribution < -0.4 is 20.1 Å². The van der Waals surface area contributed by atoms with E-state index in [-0.39, 0.29) is 11.6 Å². The summed E-state index contributed by atoms with van der Waals surface area (Å²) in [6.07, 6.45) is 2.94. The van der Waals surface area contributed by atoms with Crippen LogP contribution in [0.15, 0.2) is 47.4 Å². The van der Waals surface area contributed by atoms with Crippen LogP contribution in [0.4, 0.5) is 0 Å². The maximum atomic E-state index is 11.7. The number of rotatable bonds is 10. The number of carbonyl (C=O) groups is 1. The summed E-state index contributed by atoms with van der Waals surface area (Å²) in [6.45, 7) is 2.00. The highest BCUT2D eigenvalue weighted by atomic mass is 35.5. The lowest BCUT2D eigenvalue weighted by Gasteiger charge is -2.13. The van der Waals surface area contributed by atoms with E-state index in [0.29, 0.717) is 42.9 Å². The molecular formula is C19H20ClN5O4. The average molecular weight is 418 g/mol. The lowest BCUT2D eigenvalue weighted by molar-refractivity contribution is 0.0944. The Bertz CT molecular complexity index is 919. The predicted octanol–water partition coefficient (Wildman–Crippen LogP) is 2.23. The third kappa shape index (κ3) is 6.16. The number of nitrogens with one attached hydrogen (secondary N) is 2. The van der Waals surface area contributed by atoms with Crippen molar-refractivity contribution in [2.75, 3.05) is 20.2 Å². The quantitative estimate of drug-likeness (QED) is 0.381. The summed E-state index contributed by atoms with van der Waals surface area (Å²) in [4.78, 5) is 15.7. The van der Waals surface area contributed by atoms with Gasteiger partial charge in [-0.05, 0) is 28.9 Å². The number of ether oxygens (including phenoxy) is 2. The molecule has 10 heteroatoms. The third-order valence-electron chi connectivity index (χ3n) is 3.92. The molecule has 2 heterocycles. The molecule has 0 aliphatic heterocycles. The molecule has 0 fully saturated rings. The molecular weight excluding hydrogens is 398 g/mol. The highest BCUT2D eigenvalue weighted by molar-refractivity contribution is 6.29. The smallest absolute Gasteiger partial charge is 0.275 e. The molecule has 0 saturated carbocycles. The Hall–Kier alpha value is -3.17. The topological polar surface area (TPSA) is 111 Å². The number of amides is 1. The van der Waals surface area contributed by atoms with Crippen molar-refractivity contribution in [2.45, 2.75) is 13.2 Å². The maximum Gasteiger partial charge on any atom is 0.275 e. The number of aromatic nitrogens is 3. The fourth-order valence-corrected chi connectivity index (χ4v) is 2.56. The molecule has 3 aromatic rings. The van der Waals surface area contributed by atoms with Gasteiger partial charge in [0, 0.05) is 31.4 Å². The number of nitrogens with zero attached hydrogens (tertiary/aromatic N) is 3. The standard InChI is InChI=1S/C19H20ClN5O4/c1-27-17-8-13(9-21-6-7-22-19(26)15-11-24-29-25-15)2-4-16(17)28-12-14-3-5-18(20)23-10-14/h2-5,8,10-11,21H,6-7,9,12H2,1H3,(H,22,26). The SMILES string of the molecule is COc1cc(CNCCNC(=O)c2cnon2)ccc1OCc1ccc(Cl)nc1. The Balaban J connectivity index is 1.44. The second kappa shape index (κ2) is 10.4. The van der Waals surface area contributed by atoms with Gasteiger partial charge in [-0.15, -0.1) is 0 Å². The van der Waals surface area contributed by atoms with Gasteiger partial charge in [0.15, 0.2) is 17.2 Å². The van der Waals surface area contributed by atoms with Crippen LogP contribution in [0.1, 0.15) is 21.6 Å². The zero-order valence-corrected chi connectivity index (χ0v) is 16.5. The summed E-state index contributed by atoms with van der Waals surface area (Å²) in [7, 11) is 1.59. The van der Waals surface area contributed by atoms with Crippen LogP contribution >= 0.6 is 11.6 Å². The second-order valence-electron chi connectivity index (χ2n) is 5.99. The van der Waals surface area contributed by atoms with Crippen LogP contribution in [0.2, 0.25) is 5.15 Å². The minimum Gasteiger partial charge on any atom is -0.493 e. The lowest BCUT2D eigenvalue weighted by Crippen LogP contribution is -2.31. The van der Waals surface area contributed by atoms with Crippen molar-refractivity contribution in [2.24, 2.45) is 0 Å². The van der Waals surface area contributed by atoms with E-state index >= 15 is 0 Å². The number of hydrogen-bond acceptors (Lipinski definition) is 8. The van der Waals surface area contributed by atoms with Crippen LogP contribution in [0.25, 0.3) is 0 Å². The average Bonchev–Trinajstić information content (AvgIpc) is 3.28. The molecule has 29 heavy (non-hydrogen) atoms. The van der Waals surface area contributed by atoms with E-state index in [1.54, 1.807) is 19.4 Å². The molecule has 1 aromatic carbocycles. The largest absolute Gasteiger partial charge is 0.493 e. The van der Waals surface area contributed by atoms with Gasteiger partial charge in [0.1, 0.15) is 18.0 Å². The van der Waals surface area contributed by atoms with Crippen LogP contribution in [-0.4, -0.2) is 41.4 Å². The van der Waals surface area contributed by atoms with Gasteiger partial charge < -0.3 is 20.1 Å². The van der Waals surface area contributed by atoms with Crippen molar-refractivity contribution in [3.05, 3.63) is 64.7 Å². The zero-order chi connectivity index (χ0) is 20.5. The third-order valence-corrected chi connectivity index (χ3v) is 4.14. The van der Waals surface area contributed by atoms with Crippen molar-refractivity contribution in [3.8, 4) is 11.5 Å². The normalized spacial score (nSPS) is 10.6. The van der Waals surface area contributed by atoms with E-state index in [9.17, 15) is 4.79 Å². The molecule has 0 aliphatic carbocycles. The van der Waals surface area contributed by atoms with Gasteiger partial charge in [-0.3, -0.25) is 4.79 Å². The molecule has 9 nitrogen and oxygen atoms in total. The molecule has 2 N–H and O–H groups in total. The van der Waals surface area contributed by atoms with Crippen molar-refractivity contribution < 1.29 is 18.9 Å². The fourth-order valence-electron chi connectivity index (χ4n) is 2.45. The summed E-state index contributed by atoms with van der Waals surface area (Å²) in [5, 5.41) is 13.3. The molecule has 0 bridgehead atoms. The van der Waals surface area contributed by atoms with E-state index in [1.165, 1.54) is 6.20 Å². The summed E-state index contributed by atoms with van der Waals surface area (Å²) >= 11 is 5.79. The van der Waals surface area contributed by atoms with Gasteiger partial charge in [0.25, 0.3) is 5.91 Å². The first-order chi connectivity index (χ1) is 14.2. The maximum absolute atomic E-state index is 11.7. The summed E-state index contributed by atoms with van der Waals surface area (Å²) < 4.78 is 15.6. The van der Waals surface area contributed by atoms with Crippen molar-refractivity contribution in [1.29, 1.82) is 0 Å². The Kier molecular flexibility index (Phi) is 7.37. The van der Waals surface area contributed by atoms with E-state index in [2.05, 4.69) is 30.6 Å². The Labute approximate surface area is 172 Å². The van der Waals surface area contributed by atoms with E-state index in [1.807, 2.05) is 24.3 Å².